The summed E-state index contributed by atoms with van der Waals surface area (Å²) >= 11 is 0. The molecular formula is C23H22N10O. The van der Waals surface area contributed by atoms with E-state index in [1.807, 2.05) is 29.3 Å². The third-order valence-corrected chi connectivity index (χ3v) is 7.27. The zero-order valence-electron chi connectivity index (χ0n) is 18.2. The molecule has 0 saturated carbocycles. The number of hydrogen-bond acceptors (Lipinski definition) is 7. The molecule has 1 unspecified atom stereocenters. The number of nitrogen functional groups attached to an aromatic ring is 1. The molecular weight excluding hydrogens is 432 g/mol. The van der Waals surface area contributed by atoms with E-state index in [0.717, 1.165) is 59.1 Å². The van der Waals surface area contributed by atoms with Crippen LogP contribution in [0, 0.1) is 0 Å². The number of anilines is 1. The van der Waals surface area contributed by atoms with E-state index in [9.17, 15) is 4.79 Å². The number of hydrogen-bond donors (Lipinski definition) is 3. The summed E-state index contributed by atoms with van der Waals surface area (Å²) in [6, 6.07) is 8.38. The molecule has 2 aliphatic heterocycles. The molecule has 1 amide bonds. The summed E-state index contributed by atoms with van der Waals surface area (Å²) in [5.74, 6) is 1.02. The number of piperidine rings is 1. The van der Waals surface area contributed by atoms with Crippen LogP contribution in [0.15, 0.2) is 43.0 Å². The van der Waals surface area contributed by atoms with Gasteiger partial charge in [0.2, 0.25) is 5.82 Å². The molecule has 3 atom stereocenters. The second-order valence-electron chi connectivity index (χ2n) is 9.17. The minimum absolute atomic E-state index is 0.0703. The molecule has 0 aliphatic carbocycles. The lowest BCUT2D eigenvalue weighted by Crippen LogP contribution is -2.46. The number of aromatic amines is 2. The van der Waals surface area contributed by atoms with E-state index in [4.69, 9.17) is 10.7 Å². The van der Waals surface area contributed by atoms with Crippen LogP contribution in [0.2, 0.25) is 0 Å². The van der Waals surface area contributed by atoms with Crippen LogP contribution >= 0.6 is 0 Å². The van der Waals surface area contributed by atoms with Crippen molar-refractivity contribution in [3.05, 3.63) is 54.5 Å². The van der Waals surface area contributed by atoms with Crippen molar-refractivity contribution in [2.45, 2.75) is 43.7 Å². The van der Waals surface area contributed by atoms with Crippen molar-refractivity contribution in [2.75, 3.05) is 5.73 Å². The lowest BCUT2D eigenvalue weighted by Gasteiger charge is -2.38. The highest BCUT2D eigenvalue weighted by atomic mass is 16.2. The van der Waals surface area contributed by atoms with Gasteiger partial charge in [-0.2, -0.15) is 19.8 Å². The van der Waals surface area contributed by atoms with E-state index in [1.54, 1.807) is 10.7 Å². The number of H-pyrrole nitrogens is 2. The predicted molar refractivity (Wildman–Crippen MR) is 124 cm³/mol. The summed E-state index contributed by atoms with van der Waals surface area (Å²) in [7, 11) is 0. The third kappa shape index (κ3) is 2.82. The first-order valence-corrected chi connectivity index (χ1v) is 11.4. The molecule has 170 valence electrons. The van der Waals surface area contributed by atoms with Crippen LogP contribution < -0.4 is 5.73 Å². The van der Waals surface area contributed by atoms with Crippen LogP contribution in [0.4, 0.5) is 5.82 Å². The minimum Gasteiger partial charge on any atom is -0.384 e. The van der Waals surface area contributed by atoms with Gasteiger partial charge >= 0.3 is 0 Å². The average Bonchev–Trinajstić information content (AvgIpc) is 3.64. The zero-order chi connectivity index (χ0) is 22.8. The molecule has 2 aliphatic rings. The lowest BCUT2D eigenvalue weighted by molar-refractivity contribution is 0.0557. The van der Waals surface area contributed by atoms with Gasteiger partial charge in [-0.3, -0.25) is 15.0 Å². The van der Waals surface area contributed by atoms with Crippen LogP contribution in [0.5, 0.6) is 0 Å². The van der Waals surface area contributed by atoms with Gasteiger partial charge in [0.15, 0.2) is 5.65 Å². The average molecular weight is 454 g/mol. The molecule has 4 N–H and O–H groups in total. The topological polar surface area (TPSA) is 147 Å². The van der Waals surface area contributed by atoms with Crippen molar-refractivity contribution in [2.24, 2.45) is 0 Å². The molecule has 4 aromatic heterocycles. The van der Waals surface area contributed by atoms with Crippen LogP contribution in [-0.2, 0) is 0 Å². The number of amides is 1. The van der Waals surface area contributed by atoms with E-state index in [1.165, 1.54) is 6.33 Å². The number of carbonyl (C=O) groups is 1. The van der Waals surface area contributed by atoms with Crippen molar-refractivity contribution in [1.29, 1.82) is 0 Å². The van der Waals surface area contributed by atoms with E-state index < -0.39 is 0 Å². The molecule has 0 spiro atoms. The maximum atomic E-state index is 13.0. The molecule has 11 heteroatoms. The van der Waals surface area contributed by atoms with Crippen LogP contribution in [0.1, 0.15) is 47.9 Å². The molecule has 2 fully saturated rings. The molecule has 6 heterocycles. The Balaban J connectivity index is 1.23. The summed E-state index contributed by atoms with van der Waals surface area (Å²) in [5, 5.41) is 19.1. The largest absolute Gasteiger partial charge is 0.384 e. The number of nitrogens with two attached hydrogens (primary N) is 1. The third-order valence-electron chi connectivity index (χ3n) is 7.27. The zero-order valence-corrected chi connectivity index (χ0v) is 18.2. The fourth-order valence-corrected chi connectivity index (χ4v) is 5.71. The summed E-state index contributed by atoms with van der Waals surface area (Å²) < 4.78 is 1.69. The number of fused-ring (bicyclic) bond motifs is 4. The maximum absolute atomic E-state index is 13.0. The highest BCUT2D eigenvalue weighted by molar-refractivity contribution is 5.91. The number of nitrogens with zero attached hydrogens (tertiary/aromatic N) is 7. The summed E-state index contributed by atoms with van der Waals surface area (Å²) in [6.07, 6.45) is 8.67. The Labute approximate surface area is 193 Å². The molecule has 0 radical (unpaired) electrons. The monoisotopic (exact) mass is 454 g/mol. The molecule has 11 nitrogen and oxygen atoms in total. The quantitative estimate of drug-likeness (QED) is 0.379. The van der Waals surface area contributed by atoms with E-state index in [2.05, 4.69) is 36.5 Å². The second-order valence-corrected chi connectivity index (χ2v) is 9.17. The number of carbonyl (C=O) groups excluding carboxylic acids is 1. The Bertz CT molecular complexity index is 1520. The molecule has 2 bridgehead atoms. The molecule has 5 aromatic rings. The smallest absolute Gasteiger partial charge is 0.291 e. The first-order valence-electron chi connectivity index (χ1n) is 11.4. The first-order chi connectivity index (χ1) is 16.7. The SMILES string of the molecule is Nc1cc(C2C[C@H]3CC[C@@H](C2)N3C(=O)c2ncn[nH]2)nc2c(-c3ccc4[nH]ncc4c3)cnn12. The van der Waals surface area contributed by atoms with Gasteiger partial charge in [-0.25, -0.2) is 9.97 Å². The summed E-state index contributed by atoms with van der Waals surface area (Å²) in [5.41, 5.74) is 11.0. The minimum atomic E-state index is -0.0703. The Kier molecular flexibility index (Phi) is 4.02. The summed E-state index contributed by atoms with van der Waals surface area (Å²) in [6.45, 7) is 0. The number of nitrogens with one attached hydrogen (secondary N) is 2. The Hall–Kier alpha value is -4.28. The number of aromatic nitrogens is 8. The molecule has 7 rings (SSSR count). The van der Waals surface area contributed by atoms with Gasteiger partial charge in [0, 0.05) is 40.7 Å². The number of rotatable bonds is 3. The molecule has 1 aromatic carbocycles. The molecule has 2 saturated heterocycles. The highest BCUT2D eigenvalue weighted by Crippen LogP contribution is 2.43. The van der Waals surface area contributed by atoms with Gasteiger partial charge < -0.3 is 10.6 Å². The fraction of sp³-hybridized carbons (Fsp3) is 0.304. The maximum Gasteiger partial charge on any atom is 0.291 e. The standard InChI is InChI=1S/C23H22N10O/c24-20-8-19(13-6-15-2-3-16(7-13)32(15)23(34)21-25-11-27-31-21)29-22-17(10-28-33(20)22)12-1-4-18-14(5-12)9-26-30-18/h1,4-5,8-11,13,15-16H,2-3,6-7,24H2,(H,26,30)(H,25,27,31)/t13?,15-,16+. The lowest BCUT2D eigenvalue weighted by atomic mass is 9.87. The molecule has 34 heavy (non-hydrogen) atoms. The normalized spacial score (nSPS) is 22.1. The Morgan fingerprint density at radius 1 is 1.06 bits per heavy atom. The van der Waals surface area contributed by atoms with Gasteiger partial charge in [0.05, 0.1) is 17.9 Å². The summed E-state index contributed by atoms with van der Waals surface area (Å²) in [4.78, 5) is 24.1. The van der Waals surface area contributed by atoms with Gasteiger partial charge in [0.1, 0.15) is 12.1 Å². The van der Waals surface area contributed by atoms with Gasteiger partial charge in [-0.1, -0.05) is 6.07 Å². The predicted octanol–water partition coefficient (Wildman–Crippen LogP) is 2.52. The number of benzene rings is 1. The Morgan fingerprint density at radius 3 is 2.71 bits per heavy atom. The van der Waals surface area contributed by atoms with Crippen molar-refractivity contribution in [3.8, 4) is 11.1 Å². The van der Waals surface area contributed by atoms with Crippen LogP contribution in [0.25, 0.3) is 27.7 Å². The van der Waals surface area contributed by atoms with Crippen molar-refractivity contribution in [3.63, 3.8) is 0 Å². The van der Waals surface area contributed by atoms with Crippen LogP contribution in [0.3, 0.4) is 0 Å². The van der Waals surface area contributed by atoms with E-state index in [0.29, 0.717) is 11.6 Å². The van der Waals surface area contributed by atoms with Crippen LogP contribution in [-0.4, -0.2) is 62.9 Å². The highest BCUT2D eigenvalue weighted by Gasteiger charge is 2.45. The fourth-order valence-electron chi connectivity index (χ4n) is 5.71. The van der Waals surface area contributed by atoms with E-state index in [-0.39, 0.29) is 23.9 Å². The second kappa shape index (κ2) is 7.11. The van der Waals surface area contributed by atoms with Gasteiger partial charge in [0.25, 0.3) is 5.91 Å². The van der Waals surface area contributed by atoms with Crippen molar-refractivity contribution >= 4 is 28.3 Å². The van der Waals surface area contributed by atoms with Crippen molar-refractivity contribution < 1.29 is 4.79 Å². The van der Waals surface area contributed by atoms with Crippen molar-refractivity contribution in [1.82, 2.24) is 44.9 Å². The van der Waals surface area contributed by atoms with Gasteiger partial charge in [-0.15, -0.1) is 0 Å². The Morgan fingerprint density at radius 2 is 1.91 bits per heavy atom. The first kappa shape index (κ1) is 19.2. The van der Waals surface area contributed by atoms with Gasteiger partial charge in [-0.05, 0) is 43.4 Å². The van der Waals surface area contributed by atoms with E-state index >= 15 is 0 Å².